The second-order valence-electron chi connectivity index (χ2n) is 5.68. The summed E-state index contributed by atoms with van der Waals surface area (Å²) >= 11 is 1.19. The molecule has 0 saturated carbocycles. The Hall–Kier alpha value is -1.18. The van der Waals surface area contributed by atoms with Crippen LogP contribution in [-0.4, -0.2) is 54.9 Å². The topological polar surface area (TPSA) is 41.6 Å². The number of hydrogen-bond donors (Lipinski definition) is 1. The Morgan fingerprint density at radius 2 is 2.26 bits per heavy atom. The zero-order valence-electron chi connectivity index (χ0n) is 13.4. The van der Waals surface area contributed by atoms with Crippen LogP contribution in [-0.2, 0) is 9.53 Å². The smallest absolute Gasteiger partial charge is 0.230 e. The largest absolute Gasteiger partial charge is 0.379 e. The monoisotopic (exact) mass is 344 g/mol. The third kappa shape index (κ3) is 5.44. The van der Waals surface area contributed by atoms with Crippen molar-refractivity contribution in [3.8, 4) is 0 Å². The third-order valence-corrected chi connectivity index (χ3v) is 4.83. The van der Waals surface area contributed by atoms with Gasteiger partial charge in [0, 0.05) is 30.1 Å². The Kier molecular flexibility index (Phi) is 6.80. The van der Waals surface area contributed by atoms with Gasteiger partial charge in [0.05, 0.1) is 19.0 Å². The van der Waals surface area contributed by atoms with Gasteiger partial charge < -0.3 is 10.1 Å². The molecule has 1 amide bonds. The lowest BCUT2D eigenvalue weighted by Gasteiger charge is -2.37. The van der Waals surface area contributed by atoms with E-state index in [2.05, 4.69) is 24.1 Å². The molecule has 2 atom stereocenters. The van der Waals surface area contributed by atoms with Crippen LogP contribution >= 0.6 is 11.8 Å². The van der Waals surface area contributed by atoms with Crippen LogP contribution in [0.15, 0.2) is 23.1 Å². The molecule has 7 heteroatoms. The summed E-state index contributed by atoms with van der Waals surface area (Å²) < 4.78 is 31.3. The zero-order chi connectivity index (χ0) is 16.8. The number of carbonyl (C=O) groups excluding carboxylic acids is 1. The fraction of sp³-hybridized carbons (Fsp3) is 0.562. The SMILES string of the molecule is C[C@H](CNC(=O)CSc1ccc(F)c(F)c1)N1CCOC[C@H]1C. The van der Waals surface area contributed by atoms with Gasteiger partial charge in [0.2, 0.25) is 5.91 Å². The first-order valence-corrected chi connectivity index (χ1v) is 8.64. The zero-order valence-corrected chi connectivity index (χ0v) is 14.2. The molecule has 1 aromatic carbocycles. The van der Waals surface area contributed by atoms with Gasteiger partial charge in [-0.1, -0.05) is 0 Å². The summed E-state index contributed by atoms with van der Waals surface area (Å²) in [7, 11) is 0. The number of nitrogens with one attached hydrogen (secondary N) is 1. The predicted octanol–water partition coefficient (Wildman–Crippen LogP) is 2.28. The van der Waals surface area contributed by atoms with E-state index in [1.807, 2.05) is 0 Å². The fourth-order valence-corrected chi connectivity index (χ4v) is 3.29. The molecule has 1 heterocycles. The summed E-state index contributed by atoms with van der Waals surface area (Å²) in [5, 5.41) is 2.89. The van der Waals surface area contributed by atoms with E-state index < -0.39 is 11.6 Å². The molecule has 1 N–H and O–H groups in total. The van der Waals surface area contributed by atoms with E-state index in [-0.39, 0.29) is 17.7 Å². The van der Waals surface area contributed by atoms with Crippen molar-refractivity contribution in [3.63, 3.8) is 0 Å². The van der Waals surface area contributed by atoms with Gasteiger partial charge in [-0.2, -0.15) is 0 Å². The van der Waals surface area contributed by atoms with Crippen molar-refractivity contribution < 1.29 is 18.3 Å². The highest BCUT2D eigenvalue weighted by molar-refractivity contribution is 8.00. The molecule has 0 aliphatic carbocycles. The minimum Gasteiger partial charge on any atom is -0.379 e. The molecule has 1 aromatic rings. The molecule has 1 fully saturated rings. The van der Waals surface area contributed by atoms with Gasteiger partial charge >= 0.3 is 0 Å². The summed E-state index contributed by atoms with van der Waals surface area (Å²) in [6, 6.07) is 4.20. The lowest BCUT2D eigenvalue weighted by molar-refractivity contribution is -0.119. The second kappa shape index (κ2) is 8.61. The van der Waals surface area contributed by atoms with Crippen molar-refractivity contribution in [2.45, 2.75) is 30.8 Å². The van der Waals surface area contributed by atoms with Crippen LogP contribution in [0.4, 0.5) is 8.78 Å². The van der Waals surface area contributed by atoms with Crippen LogP contribution in [0.3, 0.4) is 0 Å². The van der Waals surface area contributed by atoms with Crippen LogP contribution in [0, 0.1) is 11.6 Å². The Balaban J connectivity index is 1.73. The highest BCUT2D eigenvalue weighted by Gasteiger charge is 2.23. The van der Waals surface area contributed by atoms with Crippen LogP contribution in [0.25, 0.3) is 0 Å². The van der Waals surface area contributed by atoms with Crippen molar-refractivity contribution in [2.24, 2.45) is 0 Å². The lowest BCUT2D eigenvalue weighted by Crippen LogP contribution is -2.52. The molecule has 0 bridgehead atoms. The third-order valence-electron chi connectivity index (χ3n) is 3.84. The maximum absolute atomic E-state index is 13.1. The molecular weight excluding hydrogens is 322 g/mol. The van der Waals surface area contributed by atoms with Gasteiger partial charge in [0.15, 0.2) is 11.6 Å². The Labute approximate surface area is 139 Å². The minimum atomic E-state index is -0.898. The van der Waals surface area contributed by atoms with Gasteiger partial charge in [0.25, 0.3) is 0 Å². The summed E-state index contributed by atoms with van der Waals surface area (Å²) in [6.45, 7) is 7.03. The molecule has 1 saturated heterocycles. The normalized spacial score (nSPS) is 20.3. The minimum absolute atomic E-state index is 0.118. The number of rotatable bonds is 6. The van der Waals surface area contributed by atoms with Gasteiger partial charge in [-0.15, -0.1) is 11.8 Å². The van der Waals surface area contributed by atoms with E-state index in [1.54, 1.807) is 0 Å². The Morgan fingerprint density at radius 3 is 2.96 bits per heavy atom. The standard InChI is InChI=1S/C16H22F2N2O2S/c1-11(20-5-6-22-9-12(20)2)8-19-16(21)10-23-13-3-4-14(17)15(18)7-13/h3-4,7,11-12H,5-6,8-10H2,1-2H3,(H,19,21)/t11-,12-/m1/s1. The number of thioether (sulfide) groups is 1. The van der Waals surface area contributed by atoms with E-state index in [1.165, 1.54) is 17.8 Å². The molecule has 2 rings (SSSR count). The van der Waals surface area contributed by atoms with Crippen molar-refractivity contribution in [3.05, 3.63) is 29.8 Å². The van der Waals surface area contributed by atoms with Crippen LogP contribution < -0.4 is 5.32 Å². The Morgan fingerprint density at radius 1 is 1.48 bits per heavy atom. The maximum Gasteiger partial charge on any atom is 0.230 e. The molecular formula is C16H22F2N2O2S. The second-order valence-corrected chi connectivity index (χ2v) is 6.73. The van der Waals surface area contributed by atoms with E-state index in [0.29, 0.717) is 30.7 Å². The molecule has 23 heavy (non-hydrogen) atoms. The van der Waals surface area contributed by atoms with Gasteiger partial charge in [0.1, 0.15) is 0 Å². The van der Waals surface area contributed by atoms with Crippen molar-refractivity contribution >= 4 is 17.7 Å². The number of ether oxygens (including phenoxy) is 1. The van der Waals surface area contributed by atoms with Gasteiger partial charge in [-0.25, -0.2) is 8.78 Å². The average Bonchev–Trinajstić information content (AvgIpc) is 2.54. The van der Waals surface area contributed by atoms with Crippen molar-refractivity contribution in [1.82, 2.24) is 10.2 Å². The number of halogens is 2. The molecule has 0 unspecified atom stereocenters. The van der Waals surface area contributed by atoms with Crippen molar-refractivity contribution in [2.75, 3.05) is 32.1 Å². The van der Waals surface area contributed by atoms with Crippen LogP contribution in [0.1, 0.15) is 13.8 Å². The number of amides is 1. The quantitative estimate of drug-likeness (QED) is 0.804. The first-order chi connectivity index (χ1) is 11.0. The predicted molar refractivity (Wildman–Crippen MR) is 86.5 cm³/mol. The number of hydrogen-bond acceptors (Lipinski definition) is 4. The first kappa shape index (κ1) is 18.2. The first-order valence-electron chi connectivity index (χ1n) is 7.65. The van der Waals surface area contributed by atoms with E-state index in [4.69, 9.17) is 4.74 Å². The highest BCUT2D eigenvalue weighted by atomic mass is 32.2. The molecule has 0 aromatic heterocycles. The van der Waals surface area contributed by atoms with E-state index in [0.717, 1.165) is 18.7 Å². The number of carbonyl (C=O) groups is 1. The lowest BCUT2D eigenvalue weighted by atomic mass is 10.2. The molecule has 128 valence electrons. The molecule has 0 spiro atoms. The van der Waals surface area contributed by atoms with Crippen LogP contribution in [0.5, 0.6) is 0 Å². The number of nitrogens with zero attached hydrogens (tertiary/aromatic N) is 1. The number of morpholine rings is 1. The summed E-state index contributed by atoms with van der Waals surface area (Å²) in [5.74, 6) is -1.72. The summed E-state index contributed by atoms with van der Waals surface area (Å²) in [5.41, 5.74) is 0. The number of benzene rings is 1. The highest BCUT2D eigenvalue weighted by Crippen LogP contribution is 2.20. The average molecular weight is 344 g/mol. The Bertz CT molecular complexity index is 545. The maximum atomic E-state index is 13.1. The van der Waals surface area contributed by atoms with E-state index >= 15 is 0 Å². The van der Waals surface area contributed by atoms with Gasteiger partial charge in [-0.3, -0.25) is 9.69 Å². The summed E-state index contributed by atoms with van der Waals surface area (Å²) in [6.07, 6.45) is 0. The molecule has 4 nitrogen and oxygen atoms in total. The molecule has 1 aliphatic heterocycles. The fourth-order valence-electron chi connectivity index (χ4n) is 2.54. The molecule has 0 radical (unpaired) electrons. The van der Waals surface area contributed by atoms with Crippen molar-refractivity contribution in [1.29, 1.82) is 0 Å². The van der Waals surface area contributed by atoms with Crippen LogP contribution in [0.2, 0.25) is 0 Å². The van der Waals surface area contributed by atoms with E-state index in [9.17, 15) is 13.6 Å². The molecule has 1 aliphatic rings. The van der Waals surface area contributed by atoms with Gasteiger partial charge in [-0.05, 0) is 32.0 Å². The summed E-state index contributed by atoms with van der Waals surface area (Å²) in [4.78, 5) is 14.7.